The molecule has 9 heteroatoms. The van der Waals surface area contributed by atoms with Crippen LogP contribution < -0.4 is 0 Å². The van der Waals surface area contributed by atoms with E-state index in [9.17, 15) is 18.0 Å². The van der Waals surface area contributed by atoms with Gasteiger partial charge < -0.3 is 0 Å². The number of benzene rings is 2. The van der Waals surface area contributed by atoms with Crippen molar-refractivity contribution in [1.82, 2.24) is 14.4 Å². The third kappa shape index (κ3) is 1.84. The van der Waals surface area contributed by atoms with Crippen molar-refractivity contribution in [2.45, 2.75) is 0 Å². The van der Waals surface area contributed by atoms with Gasteiger partial charge in [-0.05, 0) is 17.3 Å². The molecule has 1 N–H and O–H groups in total. The zero-order valence-corrected chi connectivity index (χ0v) is 12.1. The van der Waals surface area contributed by atoms with E-state index < -0.39 is 16.1 Å². The lowest BCUT2D eigenvalue weighted by molar-refractivity contribution is 0.0979. The molecule has 1 heterocycles. The highest BCUT2D eigenvalue weighted by molar-refractivity contribution is 7.84. The van der Waals surface area contributed by atoms with Crippen molar-refractivity contribution < 1.29 is 22.6 Å². The first-order chi connectivity index (χ1) is 10.9. The van der Waals surface area contributed by atoms with Gasteiger partial charge in [0, 0.05) is 22.3 Å². The van der Waals surface area contributed by atoms with Crippen LogP contribution in [0.1, 0.15) is 31.8 Å². The summed E-state index contributed by atoms with van der Waals surface area (Å²) in [6, 6.07) is 8.88. The summed E-state index contributed by atoms with van der Waals surface area (Å²) in [6.45, 7) is 0. The normalized spacial score (nSPS) is 14.0. The molecular weight excluding hydrogens is 322 g/mol. The van der Waals surface area contributed by atoms with Crippen LogP contribution in [0.25, 0.3) is 11.0 Å². The molecule has 4 rings (SSSR count). The Hall–Kier alpha value is -2.91. The Balaban J connectivity index is 2.07. The van der Waals surface area contributed by atoms with Gasteiger partial charge in [-0.3, -0.25) is 14.1 Å². The molecule has 0 saturated carbocycles. The van der Waals surface area contributed by atoms with E-state index in [0.29, 0.717) is 4.09 Å². The lowest BCUT2D eigenvalue weighted by Crippen LogP contribution is -2.21. The number of carbonyl (C=O) groups is 2. The predicted octanol–water partition coefficient (Wildman–Crippen LogP) is 0.858. The fourth-order valence-electron chi connectivity index (χ4n) is 2.66. The fraction of sp³-hybridized carbons (Fsp3) is 0. The molecule has 114 valence electrons. The van der Waals surface area contributed by atoms with E-state index in [0.717, 1.165) is 0 Å². The minimum atomic E-state index is -4.66. The van der Waals surface area contributed by atoms with Crippen LogP contribution in [-0.4, -0.2) is 38.9 Å². The summed E-state index contributed by atoms with van der Waals surface area (Å²) in [5.41, 5.74) is 0.715. The third-order valence-corrected chi connectivity index (χ3v) is 4.39. The topological polar surface area (TPSA) is 119 Å². The molecule has 0 atom stereocenters. The smallest absolute Gasteiger partial charge is 0.289 e. The van der Waals surface area contributed by atoms with Crippen LogP contribution in [0.5, 0.6) is 0 Å². The summed E-state index contributed by atoms with van der Waals surface area (Å²) in [6.07, 6.45) is 0. The second-order valence-electron chi connectivity index (χ2n) is 5.00. The molecule has 8 nitrogen and oxygen atoms in total. The fourth-order valence-corrected chi connectivity index (χ4v) is 3.19. The zero-order valence-electron chi connectivity index (χ0n) is 11.3. The van der Waals surface area contributed by atoms with E-state index >= 15 is 0 Å². The van der Waals surface area contributed by atoms with E-state index in [1.165, 1.54) is 18.2 Å². The molecule has 0 spiro atoms. The molecular formula is C14H7N3O5S. The van der Waals surface area contributed by atoms with E-state index in [4.69, 9.17) is 4.55 Å². The molecule has 0 fully saturated rings. The van der Waals surface area contributed by atoms with Crippen LogP contribution in [0.3, 0.4) is 0 Å². The van der Waals surface area contributed by atoms with Crippen LogP contribution in [0, 0.1) is 0 Å². The zero-order chi connectivity index (χ0) is 16.4. The summed E-state index contributed by atoms with van der Waals surface area (Å²) < 4.78 is 32.0. The van der Waals surface area contributed by atoms with Crippen molar-refractivity contribution in [3.63, 3.8) is 0 Å². The quantitative estimate of drug-likeness (QED) is 0.514. The second-order valence-corrected chi connectivity index (χ2v) is 6.24. The predicted molar refractivity (Wildman–Crippen MR) is 77.8 cm³/mol. The van der Waals surface area contributed by atoms with E-state index in [1.807, 2.05) is 0 Å². The molecule has 1 aliphatic carbocycles. The Morgan fingerprint density at radius 2 is 1.48 bits per heavy atom. The molecule has 0 aliphatic heterocycles. The van der Waals surface area contributed by atoms with Gasteiger partial charge in [-0.15, -0.1) is 9.19 Å². The number of nitrogens with zero attached hydrogens (tertiary/aromatic N) is 3. The van der Waals surface area contributed by atoms with Crippen LogP contribution in [0.2, 0.25) is 0 Å². The van der Waals surface area contributed by atoms with E-state index in [-0.39, 0.29) is 39.1 Å². The Labute approximate surface area is 129 Å². The number of hydrogen-bond donors (Lipinski definition) is 1. The molecule has 0 saturated heterocycles. The number of hydrogen-bond acceptors (Lipinski definition) is 6. The summed E-state index contributed by atoms with van der Waals surface area (Å²) >= 11 is 0. The molecule has 0 unspecified atom stereocenters. The van der Waals surface area contributed by atoms with E-state index in [1.54, 1.807) is 18.2 Å². The van der Waals surface area contributed by atoms with E-state index in [2.05, 4.69) is 10.3 Å². The minimum absolute atomic E-state index is 0.0494. The van der Waals surface area contributed by atoms with Crippen molar-refractivity contribution in [1.29, 1.82) is 0 Å². The van der Waals surface area contributed by atoms with Crippen molar-refractivity contribution in [2.75, 3.05) is 0 Å². The van der Waals surface area contributed by atoms with Gasteiger partial charge in [-0.2, -0.15) is 8.42 Å². The lowest BCUT2D eigenvalue weighted by Gasteiger charge is -2.16. The van der Waals surface area contributed by atoms with Gasteiger partial charge in [-0.25, -0.2) is 0 Å². The summed E-state index contributed by atoms with van der Waals surface area (Å²) in [4.78, 5) is 25.1. The Morgan fingerprint density at radius 1 is 0.913 bits per heavy atom. The maximum Gasteiger partial charge on any atom is 0.380 e. The Morgan fingerprint density at radius 3 is 2.04 bits per heavy atom. The second kappa shape index (κ2) is 4.31. The number of fused-ring (bicyclic) bond motifs is 3. The maximum atomic E-state index is 12.6. The molecule has 0 bridgehead atoms. The SMILES string of the molecule is O=C1c2ccccc2C(=O)c2cc3c(cc21)nnn3S(=O)(=O)O. The summed E-state index contributed by atoms with van der Waals surface area (Å²) in [5, 5.41) is 6.96. The van der Waals surface area contributed by atoms with Gasteiger partial charge in [0.15, 0.2) is 11.6 Å². The monoisotopic (exact) mass is 329 g/mol. The molecule has 1 aromatic heterocycles. The first kappa shape index (κ1) is 13.7. The van der Waals surface area contributed by atoms with Gasteiger partial charge in [0.2, 0.25) is 0 Å². The number of rotatable bonds is 1. The van der Waals surface area contributed by atoms with Gasteiger partial charge in [0.25, 0.3) is 0 Å². The highest BCUT2D eigenvalue weighted by atomic mass is 32.2. The van der Waals surface area contributed by atoms with Crippen molar-refractivity contribution in [3.05, 3.63) is 58.7 Å². The molecule has 0 radical (unpaired) electrons. The average molecular weight is 329 g/mol. The standard InChI is InChI=1S/C14H7N3O5S/c18-13-7-3-1-2-4-8(7)14(19)10-6-12-11(5-9(10)13)15-16-17(12)23(20,21)22/h1-6H,(H,20,21,22). The Bertz CT molecular complexity index is 1130. The summed E-state index contributed by atoms with van der Waals surface area (Å²) in [7, 11) is -4.66. The minimum Gasteiger partial charge on any atom is -0.289 e. The number of aromatic nitrogens is 3. The highest BCUT2D eigenvalue weighted by Gasteiger charge is 2.31. The lowest BCUT2D eigenvalue weighted by atomic mass is 9.84. The van der Waals surface area contributed by atoms with Crippen LogP contribution in [0.4, 0.5) is 0 Å². The van der Waals surface area contributed by atoms with Crippen molar-refractivity contribution in [3.8, 4) is 0 Å². The largest absolute Gasteiger partial charge is 0.380 e. The molecule has 2 aromatic carbocycles. The first-order valence-electron chi connectivity index (χ1n) is 6.44. The van der Waals surface area contributed by atoms with Crippen LogP contribution >= 0.6 is 0 Å². The van der Waals surface area contributed by atoms with Crippen LogP contribution in [-0.2, 0) is 10.3 Å². The first-order valence-corrected chi connectivity index (χ1v) is 7.83. The molecule has 23 heavy (non-hydrogen) atoms. The van der Waals surface area contributed by atoms with Crippen molar-refractivity contribution >= 4 is 32.9 Å². The van der Waals surface area contributed by atoms with Gasteiger partial charge >= 0.3 is 10.3 Å². The molecule has 0 amide bonds. The Kier molecular flexibility index (Phi) is 2.57. The third-order valence-electron chi connectivity index (χ3n) is 3.68. The van der Waals surface area contributed by atoms with Gasteiger partial charge in [0.05, 0.1) is 0 Å². The molecule has 3 aromatic rings. The number of carbonyl (C=O) groups excluding carboxylic acids is 2. The van der Waals surface area contributed by atoms with Gasteiger partial charge in [0.1, 0.15) is 11.0 Å². The van der Waals surface area contributed by atoms with Crippen LogP contribution in [0.15, 0.2) is 36.4 Å². The average Bonchev–Trinajstić information content (AvgIpc) is 2.94. The van der Waals surface area contributed by atoms with Gasteiger partial charge in [-0.1, -0.05) is 24.3 Å². The highest BCUT2D eigenvalue weighted by Crippen LogP contribution is 2.30. The summed E-state index contributed by atoms with van der Waals surface area (Å²) in [5.74, 6) is -0.751. The number of ketones is 2. The molecule has 1 aliphatic rings. The maximum absolute atomic E-state index is 12.6. The van der Waals surface area contributed by atoms with Crippen molar-refractivity contribution in [2.24, 2.45) is 0 Å².